The normalized spacial score (nSPS) is 26.3. The Hall–Kier alpha value is -0.670. The van der Waals surface area contributed by atoms with Crippen LogP contribution in [0.5, 0.6) is 0 Å². The number of rotatable bonds is 4. The molecule has 2 nitrogen and oxygen atoms in total. The monoisotopic (exact) mass is 278 g/mol. The van der Waals surface area contributed by atoms with E-state index in [1.807, 2.05) is 12.1 Å². The molecular weight excluding hydrogens is 252 g/mol. The largest absolute Gasteiger partial charge is 0.399 e. The molecule has 0 bridgehead atoms. The van der Waals surface area contributed by atoms with Crippen molar-refractivity contribution in [2.45, 2.75) is 44.4 Å². The van der Waals surface area contributed by atoms with E-state index in [0.717, 1.165) is 10.9 Å². The maximum absolute atomic E-state index is 5.74. The van der Waals surface area contributed by atoms with Crippen LogP contribution in [-0.2, 0) is 0 Å². The Balaban J connectivity index is 1.86. The van der Waals surface area contributed by atoms with Crippen molar-refractivity contribution >= 4 is 17.4 Å². The van der Waals surface area contributed by atoms with Crippen LogP contribution >= 0.6 is 11.8 Å². The van der Waals surface area contributed by atoms with Crippen molar-refractivity contribution in [1.29, 1.82) is 0 Å². The molecule has 0 amide bonds. The van der Waals surface area contributed by atoms with E-state index < -0.39 is 0 Å². The smallest absolute Gasteiger partial charge is 0.0314 e. The Morgan fingerprint density at radius 2 is 2.00 bits per heavy atom. The van der Waals surface area contributed by atoms with Gasteiger partial charge in [-0.2, -0.15) is 11.8 Å². The zero-order chi connectivity index (χ0) is 13.8. The maximum Gasteiger partial charge on any atom is 0.0314 e. The third-order valence-corrected chi connectivity index (χ3v) is 5.71. The molecule has 3 atom stereocenters. The first-order valence-electron chi connectivity index (χ1n) is 7.29. The molecule has 0 aliphatic carbocycles. The van der Waals surface area contributed by atoms with Crippen molar-refractivity contribution in [3.8, 4) is 0 Å². The van der Waals surface area contributed by atoms with Crippen LogP contribution in [0, 0.1) is 0 Å². The van der Waals surface area contributed by atoms with Crippen LogP contribution in [-0.4, -0.2) is 35.0 Å². The van der Waals surface area contributed by atoms with E-state index >= 15 is 0 Å². The lowest BCUT2D eigenvalue weighted by Crippen LogP contribution is -2.45. The first-order chi connectivity index (χ1) is 9.08. The molecule has 106 valence electrons. The fourth-order valence-corrected chi connectivity index (χ4v) is 3.82. The highest BCUT2D eigenvalue weighted by atomic mass is 32.2. The number of hydrogen-bond acceptors (Lipinski definition) is 3. The van der Waals surface area contributed by atoms with Gasteiger partial charge in [0.05, 0.1) is 0 Å². The van der Waals surface area contributed by atoms with Gasteiger partial charge >= 0.3 is 0 Å². The summed E-state index contributed by atoms with van der Waals surface area (Å²) < 4.78 is 0. The van der Waals surface area contributed by atoms with Gasteiger partial charge in [0.2, 0.25) is 0 Å². The Kier molecular flexibility index (Phi) is 5.17. The van der Waals surface area contributed by atoms with Crippen molar-refractivity contribution in [3.63, 3.8) is 0 Å². The van der Waals surface area contributed by atoms with E-state index in [0.29, 0.717) is 12.0 Å². The van der Waals surface area contributed by atoms with Crippen LogP contribution < -0.4 is 5.73 Å². The molecular formula is C16H26N2S. The van der Waals surface area contributed by atoms with Crippen molar-refractivity contribution in [2.24, 2.45) is 0 Å². The molecule has 2 N–H and O–H groups in total. The number of hydrogen-bond donors (Lipinski definition) is 1. The average Bonchev–Trinajstić information content (AvgIpc) is 2.41. The van der Waals surface area contributed by atoms with E-state index in [-0.39, 0.29) is 0 Å². The Labute approximate surface area is 121 Å². The summed E-state index contributed by atoms with van der Waals surface area (Å²) in [6.45, 7) is 9.48. The lowest BCUT2D eigenvalue weighted by molar-refractivity contribution is 0.206. The molecule has 1 aromatic carbocycles. The van der Waals surface area contributed by atoms with E-state index in [2.05, 4.69) is 49.6 Å². The lowest BCUT2D eigenvalue weighted by Gasteiger charge is -2.38. The highest BCUT2D eigenvalue weighted by Gasteiger charge is 2.25. The molecule has 0 saturated carbocycles. The van der Waals surface area contributed by atoms with E-state index in [9.17, 15) is 0 Å². The lowest BCUT2D eigenvalue weighted by atomic mass is 9.97. The predicted molar refractivity (Wildman–Crippen MR) is 86.8 cm³/mol. The topological polar surface area (TPSA) is 29.3 Å². The second kappa shape index (κ2) is 6.67. The van der Waals surface area contributed by atoms with Crippen molar-refractivity contribution in [3.05, 3.63) is 29.8 Å². The standard InChI is InChI=1S/C16H26N2S/c1-12(15-4-6-16(17)7-5-15)8-9-18-10-11-19-14(3)13(18)2/h4-7,12-14H,8-11,17H2,1-3H3. The third kappa shape index (κ3) is 3.90. The number of thioether (sulfide) groups is 1. The summed E-state index contributed by atoms with van der Waals surface area (Å²) in [6.07, 6.45) is 1.23. The summed E-state index contributed by atoms with van der Waals surface area (Å²) in [6, 6.07) is 9.05. The van der Waals surface area contributed by atoms with Gasteiger partial charge in [-0.3, -0.25) is 4.90 Å². The van der Waals surface area contributed by atoms with Gasteiger partial charge in [-0.05, 0) is 43.5 Å². The minimum absolute atomic E-state index is 0.609. The molecule has 2 rings (SSSR count). The van der Waals surface area contributed by atoms with Gasteiger partial charge < -0.3 is 5.73 Å². The van der Waals surface area contributed by atoms with Crippen molar-refractivity contribution < 1.29 is 0 Å². The highest BCUT2D eigenvalue weighted by Crippen LogP contribution is 2.26. The highest BCUT2D eigenvalue weighted by molar-refractivity contribution is 8.00. The molecule has 3 unspecified atom stereocenters. The summed E-state index contributed by atoms with van der Waals surface area (Å²) in [7, 11) is 0. The third-order valence-electron chi connectivity index (χ3n) is 4.37. The summed E-state index contributed by atoms with van der Waals surface area (Å²) >= 11 is 2.11. The van der Waals surface area contributed by atoms with Gasteiger partial charge in [0.1, 0.15) is 0 Å². The molecule has 1 aliphatic heterocycles. The van der Waals surface area contributed by atoms with Crippen LogP contribution in [0.2, 0.25) is 0 Å². The van der Waals surface area contributed by atoms with Gasteiger partial charge in [-0.15, -0.1) is 0 Å². The molecule has 1 heterocycles. The number of nitrogen functional groups attached to an aromatic ring is 1. The van der Waals surface area contributed by atoms with Crippen LogP contribution in [0.1, 0.15) is 38.7 Å². The summed E-state index contributed by atoms with van der Waals surface area (Å²) in [5.74, 6) is 1.89. The fourth-order valence-electron chi connectivity index (χ4n) is 2.66. The SMILES string of the molecule is CC(CCN1CCSC(C)C1C)c1ccc(N)cc1. The predicted octanol–water partition coefficient (Wildman–Crippen LogP) is 3.59. The van der Waals surface area contributed by atoms with Crippen LogP contribution in [0.25, 0.3) is 0 Å². The number of anilines is 1. The Morgan fingerprint density at radius 3 is 2.68 bits per heavy atom. The molecule has 1 saturated heterocycles. The summed E-state index contributed by atoms with van der Waals surface area (Å²) in [5.41, 5.74) is 8.00. The summed E-state index contributed by atoms with van der Waals surface area (Å²) in [4.78, 5) is 2.65. The molecule has 1 aliphatic rings. The Bertz CT molecular complexity index is 390. The van der Waals surface area contributed by atoms with Gasteiger partial charge in [-0.25, -0.2) is 0 Å². The van der Waals surface area contributed by atoms with Gasteiger partial charge in [0, 0.05) is 29.3 Å². The van der Waals surface area contributed by atoms with Crippen LogP contribution in [0.3, 0.4) is 0 Å². The van der Waals surface area contributed by atoms with Crippen LogP contribution in [0.15, 0.2) is 24.3 Å². The Morgan fingerprint density at radius 1 is 1.32 bits per heavy atom. The van der Waals surface area contributed by atoms with E-state index in [1.54, 1.807) is 0 Å². The number of nitrogens with two attached hydrogens (primary N) is 1. The first-order valence-corrected chi connectivity index (χ1v) is 8.34. The summed E-state index contributed by atoms with van der Waals surface area (Å²) in [5, 5.41) is 0.764. The molecule has 3 heteroatoms. The zero-order valence-corrected chi connectivity index (χ0v) is 13.1. The quantitative estimate of drug-likeness (QED) is 0.854. The second-order valence-corrected chi connectivity index (χ2v) is 7.19. The number of benzene rings is 1. The van der Waals surface area contributed by atoms with E-state index in [4.69, 9.17) is 5.73 Å². The fraction of sp³-hybridized carbons (Fsp3) is 0.625. The average molecular weight is 278 g/mol. The van der Waals surface area contributed by atoms with Crippen molar-refractivity contribution in [1.82, 2.24) is 4.90 Å². The van der Waals surface area contributed by atoms with Crippen molar-refractivity contribution in [2.75, 3.05) is 24.6 Å². The molecule has 0 aromatic heterocycles. The minimum Gasteiger partial charge on any atom is -0.399 e. The van der Waals surface area contributed by atoms with Crippen LogP contribution in [0.4, 0.5) is 5.69 Å². The first kappa shape index (κ1) is 14.7. The zero-order valence-electron chi connectivity index (χ0n) is 12.3. The van der Waals surface area contributed by atoms with Gasteiger partial charge in [0.25, 0.3) is 0 Å². The number of nitrogens with zero attached hydrogens (tertiary/aromatic N) is 1. The molecule has 0 radical (unpaired) electrons. The molecule has 0 spiro atoms. The maximum atomic E-state index is 5.74. The molecule has 19 heavy (non-hydrogen) atoms. The van der Waals surface area contributed by atoms with Gasteiger partial charge in [0.15, 0.2) is 0 Å². The van der Waals surface area contributed by atoms with Gasteiger partial charge in [-0.1, -0.05) is 26.0 Å². The van der Waals surface area contributed by atoms with E-state index in [1.165, 1.54) is 30.8 Å². The minimum atomic E-state index is 0.609. The molecule has 1 fully saturated rings. The second-order valence-electron chi connectivity index (χ2n) is 5.71. The molecule has 1 aromatic rings.